The van der Waals surface area contributed by atoms with Crippen molar-refractivity contribution >= 4 is 5.97 Å². The maximum Gasteiger partial charge on any atom is 0.341 e. The number of ether oxygens (including phenoxy) is 1. The summed E-state index contributed by atoms with van der Waals surface area (Å²) < 4.78 is 7.57. The highest BCUT2D eigenvalue weighted by atomic mass is 16.6. The normalized spacial score (nSPS) is 19.5. The summed E-state index contributed by atoms with van der Waals surface area (Å²) in [6, 6.07) is 16.9. The lowest BCUT2D eigenvalue weighted by Crippen LogP contribution is -2.37. The minimum atomic E-state index is -1.05. The Morgan fingerprint density at radius 3 is 2.39 bits per heavy atom. The summed E-state index contributed by atoms with van der Waals surface area (Å²) in [5.74, 6) is 0.891. The molecule has 0 N–H and O–H groups in total. The number of nitrogens with zero attached hydrogens (tertiary/aromatic N) is 3. The number of fused-ring (bicyclic) bond motifs is 3. The molecular weight excluding hydrogens is 290 g/mol. The van der Waals surface area contributed by atoms with Crippen LogP contribution >= 0.6 is 0 Å². The summed E-state index contributed by atoms with van der Waals surface area (Å²) in [5.41, 5.74) is 1.03. The number of aryl methyl sites for hydroxylation is 1. The standard InChI is InChI=1S/C18H15N3O2/c1-12-19-16-14-10-6-7-11-15(14)17(22)23-18(2,21(16)20-12)13-8-4-3-5-9-13/h3-11H,1-2H3. The van der Waals surface area contributed by atoms with Crippen LogP contribution < -0.4 is 0 Å². The minimum Gasteiger partial charge on any atom is -0.429 e. The highest BCUT2D eigenvalue weighted by Crippen LogP contribution is 2.37. The summed E-state index contributed by atoms with van der Waals surface area (Å²) in [6.07, 6.45) is 0. The van der Waals surface area contributed by atoms with E-state index in [2.05, 4.69) is 10.1 Å². The molecule has 0 fully saturated rings. The van der Waals surface area contributed by atoms with Gasteiger partial charge in [-0.15, -0.1) is 0 Å². The summed E-state index contributed by atoms with van der Waals surface area (Å²) in [4.78, 5) is 17.2. The molecule has 1 aliphatic rings. The number of esters is 1. The van der Waals surface area contributed by atoms with Crippen LogP contribution in [0.4, 0.5) is 0 Å². The fourth-order valence-corrected chi connectivity index (χ4v) is 2.95. The first-order chi connectivity index (χ1) is 11.1. The third-order valence-electron chi connectivity index (χ3n) is 4.11. The van der Waals surface area contributed by atoms with Crippen LogP contribution in [0.2, 0.25) is 0 Å². The van der Waals surface area contributed by atoms with E-state index in [1.807, 2.05) is 62.4 Å². The van der Waals surface area contributed by atoms with E-state index in [0.717, 1.165) is 11.1 Å². The summed E-state index contributed by atoms with van der Waals surface area (Å²) in [7, 11) is 0. The zero-order valence-corrected chi connectivity index (χ0v) is 12.9. The molecule has 23 heavy (non-hydrogen) atoms. The number of carbonyl (C=O) groups excluding carboxylic acids is 1. The Labute approximate surface area is 133 Å². The van der Waals surface area contributed by atoms with Crippen LogP contribution in [0, 0.1) is 6.92 Å². The van der Waals surface area contributed by atoms with Crippen LogP contribution in [-0.4, -0.2) is 20.7 Å². The van der Waals surface area contributed by atoms with Gasteiger partial charge in [0.25, 0.3) is 0 Å². The molecule has 5 heteroatoms. The van der Waals surface area contributed by atoms with Gasteiger partial charge in [-0.2, -0.15) is 9.78 Å². The Hall–Kier alpha value is -2.95. The third kappa shape index (κ3) is 1.97. The van der Waals surface area contributed by atoms with E-state index in [-0.39, 0.29) is 5.97 Å². The van der Waals surface area contributed by atoms with Gasteiger partial charge in [0.05, 0.1) is 5.56 Å². The van der Waals surface area contributed by atoms with E-state index in [9.17, 15) is 4.79 Å². The molecule has 0 amide bonds. The maximum atomic E-state index is 12.7. The summed E-state index contributed by atoms with van der Waals surface area (Å²) in [5, 5.41) is 4.50. The molecule has 0 spiro atoms. The zero-order chi connectivity index (χ0) is 16.0. The fraction of sp³-hybridized carbons (Fsp3) is 0.167. The van der Waals surface area contributed by atoms with E-state index < -0.39 is 5.72 Å². The molecule has 0 radical (unpaired) electrons. The van der Waals surface area contributed by atoms with Gasteiger partial charge in [0.1, 0.15) is 5.82 Å². The van der Waals surface area contributed by atoms with Crippen molar-refractivity contribution in [3.05, 3.63) is 71.5 Å². The van der Waals surface area contributed by atoms with Gasteiger partial charge in [0.2, 0.25) is 5.72 Å². The second-order valence-electron chi connectivity index (χ2n) is 5.68. The van der Waals surface area contributed by atoms with Crippen molar-refractivity contribution in [2.24, 2.45) is 0 Å². The first-order valence-electron chi connectivity index (χ1n) is 7.42. The molecule has 0 bridgehead atoms. The lowest BCUT2D eigenvalue weighted by atomic mass is 10.0. The average Bonchev–Trinajstić information content (AvgIpc) is 2.94. The fourth-order valence-electron chi connectivity index (χ4n) is 2.95. The first-order valence-corrected chi connectivity index (χ1v) is 7.42. The molecule has 2 aromatic carbocycles. The molecule has 114 valence electrons. The SMILES string of the molecule is Cc1nc2n(n1)C(C)(c1ccccc1)OC(=O)c1ccccc1-2. The van der Waals surface area contributed by atoms with Crippen molar-refractivity contribution in [1.82, 2.24) is 14.8 Å². The Morgan fingerprint density at radius 1 is 1.00 bits per heavy atom. The second-order valence-corrected chi connectivity index (χ2v) is 5.68. The van der Waals surface area contributed by atoms with Crippen LogP contribution in [0.5, 0.6) is 0 Å². The van der Waals surface area contributed by atoms with Crippen LogP contribution in [0.25, 0.3) is 11.4 Å². The molecule has 3 aromatic rings. The van der Waals surface area contributed by atoms with Gasteiger partial charge in [-0.1, -0.05) is 48.5 Å². The Balaban J connectivity index is 2.04. The van der Waals surface area contributed by atoms with Gasteiger partial charge in [0.15, 0.2) is 5.82 Å². The third-order valence-corrected chi connectivity index (χ3v) is 4.11. The zero-order valence-electron chi connectivity index (χ0n) is 12.9. The topological polar surface area (TPSA) is 57.0 Å². The monoisotopic (exact) mass is 305 g/mol. The van der Waals surface area contributed by atoms with E-state index in [1.54, 1.807) is 10.7 Å². The smallest absolute Gasteiger partial charge is 0.341 e. The largest absolute Gasteiger partial charge is 0.429 e. The van der Waals surface area contributed by atoms with Crippen LogP contribution in [0.15, 0.2) is 54.6 Å². The van der Waals surface area contributed by atoms with Crippen molar-refractivity contribution < 1.29 is 9.53 Å². The number of benzene rings is 2. The van der Waals surface area contributed by atoms with Gasteiger partial charge < -0.3 is 4.74 Å². The number of rotatable bonds is 1. The van der Waals surface area contributed by atoms with E-state index in [1.165, 1.54) is 0 Å². The molecule has 1 aromatic heterocycles. The van der Waals surface area contributed by atoms with Crippen LogP contribution in [-0.2, 0) is 10.5 Å². The van der Waals surface area contributed by atoms with Gasteiger partial charge in [-0.25, -0.2) is 9.78 Å². The highest BCUT2D eigenvalue weighted by molar-refractivity contribution is 5.97. The number of cyclic esters (lactones) is 1. The molecule has 1 unspecified atom stereocenters. The van der Waals surface area contributed by atoms with Gasteiger partial charge in [-0.3, -0.25) is 0 Å². The Kier molecular flexibility index (Phi) is 2.84. The van der Waals surface area contributed by atoms with Crippen LogP contribution in [0.3, 0.4) is 0 Å². The molecule has 1 atom stereocenters. The van der Waals surface area contributed by atoms with E-state index in [4.69, 9.17) is 4.74 Å². The molecule has 0 saturated heterocycles. The van der Waals surface area contributed by atoms with Gasteiger partial charge in [0, 0.05) is 18.1 Å². The molecule has 2 heterocycles. The average molecular weight is 305 g/mol. The number of carbonyl (C=O) groups is 1. The van der Waals surface area contributed by atoms with Crippen molar-refractivity contribution in [1.29, 1.82) is 0 Å². The number of aromatic nitrogens is 3. The summed E-state index contributed by atoms with van der Waals surface area (Å²) >= 11 is 0. The van der Waals surface area contributed by atoms with Crippen molar-refractivity contribution in [3.63, 3.8) is 0 Å². The molecule has 1 aliphatic heterocycles. The lowest BCUT2D eigenvalue weighted by Gasteiger charge is -2.29. The summed E-state index contributed by atoms with van der Waals surface area (Å²) in [6.45, 7) is 3.67. The molecule has 0 aliphatic carbocycles. The Bertz CT molecular complexity index is 902. The quantitative estimate of drug-likeness (QED) is 0.648. The van der Waals surface area contributed by atoms with Crippen molar-refractivity contribution in [2.45, 2.75) is 19.6 Å². The van der Waals surface area contributed by atoms with Crippen LogP contribution in [0.1, 0.15) is 28.7 Å². The maximum absolute atomic E-state index is 12.7. The van der Waals surface area contributed by atoms with E-state index >= 15 is 0 Å². The molecular formula is C18H15N3O2. The first kappa shape index (κ1) is 13.7. The Morgan fingerprint density at radius 2 is 1.65 bits per heavy atom. The second kappa shape index (κ2) is 4.78. The lowest BCUT2D eigenvalue weighted by molar-refractivity contribution is -0.0321. The van der Waals surface area contributed by atoms with Crippen molar-refractivity contribution in [2.75, 3.05) is 0 Å². The predicted octanol–water partition coefficient (Wildman–Crippen LogP) is 3.14. The number of hydrogen-bond acceptors (Lipinski definition) is 4. The van der Waals surface area contributed by atoms with E-state index in [0.29, 0.717) is 17.2 Å². The molecule has 5 nitrogen and oxygen atoms in total. The molecule has 4 rings (SSSR count). The van der Waals surface area contributed by atoms with Gasteiger partial charge >= 0.3 is 5.97 Å². The minimum absolute atomic E-state index is 0.378. The number of hydrogen-bond donors (Lipinski definition) is 0. The molecule has 0 saturated carbocycles. The van der Waals surface area contributed by atoms with Gasteiger partial charge in [-0.05, 0) is 13.0 Å². The predicted molar refractivity (Wildman–Crippen MR) is 84.8 cm³/mol. The van der Waals surface area contributed by atoms with Crippen molar-refractivity contribution in [3.8, 4) is 11.4 Å². The highest BCUT2D eigenvalue weighted by Gasteiger charge is 2.41.